The number of hydrogen-bond acceptors (Lipinski definition) is 2. The number of hydrogen-bond donors (Lipinski definition) is 2. The van der Waals surface area contributed by atoms with Crippen molar-refractivity contribution in [1.82, 2.24) is 0 Å². The van der Waals surface area contributed by atoms with Crippen LogP contribution in [0.25, 0.3) is 0 Å². The van der Waals surface area contributed by atoms with E-state index >= 15 is 0 Å². The number of carbonyl (C=O) groups is 1. The number of rotatable bonds is 4. The largest absolute Gasteiger partial charge is 0.325 e. The van der Waals surface area contributed by atoms with Crippen LogP contribution in [0.3, 0.4) is 0 Å². The number of amides is 1. The number of benzene rings is 1. The molecule has 0 fully saturated rings. The molecule has 2 unspecified atom stereocenters. The predicted octanol–water partition coefficient (Wildman–Crippen LogP) is 3.35. The van der Waals surface area contributed by atoms with Crippen LogP contribution in [0.15, 0.2) is 18.2 Å². The van der Waals surface area contributed by atoms with E-state index in [0.717, 1.165) is 29.7 Å². The average Bonchev–Trinajstić information content (AvgIpc) is 2.60. The molecule has 0 spiro atoms. The first-order chi connectivity index (χ1) is 8.86. The minimum Gasteiger partial charge on any atom is -0.325 e. The highest BCUT2D eigenvalue weighted by Gasteiger charge is 2.38. The van der Waals surface area contributed by atoms with Crippen molar-refractivity contribution in [3.8, 4) is 0 Å². The van der Waals surface area contributed by atoms with Crippen LogP contribution in [0.1, 0.15) is 57.7 Å². The van der Waals surface area contributed by atoms with Gasteiger partial charge in [0.05, 0.1) is 5.41 Å². The highest BCUT2D eigenvalue weighted by molar-refractivity contribution is 6.05. The van der Waals surface area contributed by atoms with Crippen LogP contribution in [-0.4, -0.2) is 5.91 Å². The maximum Gasteiger partial charge on any atom is 0.234 e. The first-order valence-electron chi connectivity index (χ1n) is 7.07. The molecular formula is C16H24N2O. The van der Waals surface area contributed by atoms with Crippen LogP contribution in [0.2, 0.25) is 0 Å². The number of nitrogens with two attached hydrogens (primary N) is 1. The third kappa shape index (κ3) is 2.52. The molecule has 1 heterocycles. The fourth-order valence-electron chi connectivity index (χ4n) is 2.56. The predicted molar refractivity (Wildman–Crippen MR) is 79.1 cm³/mol. The zero-order valence-electron chi connectivity index (χ0n) is 12.3. The lowest BCUT2D eigenvalue weighted by Crippen LogP contribution is -2.27. The van der Waals surface area contributed by atoms with Gasteiger partial charge in [-0.3, -0.25) is 4.79 Å². The van der Waals surface area contributed by atoms with E-state index in [4.69, 9.17) is 5.73 Å². The molecule has 104 valence electrons. The van der Waals surface area contributed by atoms with E-state index in [0.29, 0.717) is 5.92 Å². The summed E-state index contributed by atoms with van der Waals surface area (Å²) in [6.07, 6.45) is 2.13. The van der Waals surface area contributed by atoms with Gasteiger partial charge in [0.2, 0.25) is 5.91 Å². The Morgan fingerprint density at radius 3 is 2.68 bits per heavy atom. The zero-order chi connectivity index (χ0) is 14.2. The van der Waals surface area contributed by atoms with Gasteiger partial charge in [0, 0.05) is 11.7 Å². The van der Waals surface area contributed by atoms with E-state index in [-0.39, 0.29) is 11.9 Å². The van der Waals surface area contributed by atoms with Gasteiger partial charge in [-0.1, -0.05) is 32.4 Å². The number of carbonyl (C=O) groups excluding carboxylic acids is 1. The lowest BCUT2D eigenvalue weighted by atomic mass is 9.84. The van der Waals surface area contributed by atoms with Gasteiger partial charge in [0.1, 0.15) is 0 Å². The molecule has 0 radical (unpaired) electrons. The number of anilines is 1. The monoisotopic (exact) mass is 260 g/mol. The van der Waals surface area contributed by atoms with Gasteiger partial charge in [0.15, 0.2) is 0 Å². The van der Waals surface area contributed by atoms with Crippen LogP contribution >= 0.6 is 0 Å². The maximum absolute atomic E-state index is 11.9. The molecule has 0 aliphatic carbocycles. The Labute approximate surface area is 115 Å². The van der Waals surface area contributed by atoms with Crippen molar-refractivity contribution in [2.45, 2.75) is 52.0 Å². The molecule has 1 aromatic rings. The summed E-state index contributed by atoms with van der Waals surface area (Å²) in [5.41, 5.74) is 8.94. The van der Waals surface area contributed by atoms with Gasteiger partial charge >= 0.3 is 0 Å². The van der Waals surface area contributed by atoms with Crippen molar-refractivity contribution in [3.63, 3.8) is 0 Å². The first kappa shape index (κ1) is 14.1. The second-order valence-corrected chi connectivity index (χ2v) is 6.24. The van der Waals surface area contributed by atoms with Crippen molar-refractivity contribution >= 4 is 11.6 Å². The molecule has 0 saturated heterocycles. The van der Waals surface area contributed by atoms with E-state index in [2.05, 4.69) is 25.2 Å². The van der Waals surface area contributed by atoms with Crippen molar-refractivity contribution in [3.05, 3.63) is 29.3 Å². The molecule has 0 aromatic heterocycles. The molecule has 1 amide bonds. The number of fused-ring (bicyclic) bond motifs is 1. The minimum absolute atomic E-state index is 0.0479. The summed E-state index contributed by atoms with van der Waals surface area (Å²) in [5, 5.41) is 2.93. The van der Waals surface area contributed by atoms with Crippen LogP contribution in [0.5, 0.6) is 0 Å². The Bertz CT molecular complexity index is 494. The van der Waals surface area contributed by atoms with Gasteiger partial charge in [-0.15, -0.1) is 0 Å². The van der Waals surface area contributed by atoms with Gasteiger partial charge in [0.25, 0.3) is 0 Å². The third-order valence-corrected chi connectivity index (χ3v) is 4.31. The van der Waals surface area contributed by atoms with Gasteiger partial charge < -0.3 is 11.1 Å². The lowest BCUT2D eigenvalue weighted by molar-refractivity contribution is -0.119. The fraction of sp³-hybridized carbons (Fsp3) is 0.562. The molecule has 3 N–H and O–H groups in total. The van der Waals surface area contributed by atoms with E-state index < -0.39 is 5.41 Å². The number of nitrogens with one attached hydrogen (secondary N) is 1. The van der Waals surface area contributed by atoms with Crippen LogP contribution in [0.4, 0.5) is 5.69 Å². The lowest BCUT2D eigenvalue weighted by Gasteiger charge is -2.20. The van der Waals surface area contributed by atoms with E-state index in [1.807, 2.05) is 26.0 Å². The summed E-state index contributed by atoms with van der Waals surface area (Å²) in [4.78, 5) is 11.9. The Hall–Kier alpha value is -1.35. The molecule has 2 atom stereocenters. The summed E-state index contributed by atoms with van der Waals surface area (Å²) >= 11 is 0. The van der Waals surface area contributed by atoms with Crippen LogP contribution in [0, 0.1) is 5.92 Å². The molecule has 1 aliphatic rings. The summed E-state index contributed by atoms with van der Waals surface area (Å²) in [6, 6.07) is 6.16. The van der Waals surface area contributed by atoms with Crippen LogP contribution in [-0.2, 0) is 10.2 Å². The smallest absolute Gasteiger partial charge is 0.234 e. The second kappa shape index (κ2) is 4.97. The van der Waals surface area contributed by atoms with Crippen molar-refractivity contribution in [1.29, 1.82) is 0 Å². The average molecular weight is 260 g/mol. The van der Waals surface area contributed by atoms with E-state index in [1.165, 1.54) is 0 Å². The van der Waals surface area contributed by atoms with Crippen molar-refractivity contribution < 1.29 is 4.79 Å². The highest BCUT2D eigenvalue weighted by Crippen LogP contribution is 2.38. The Morgan fingerprint density at radius 1 is 1.37 bits per heavy atom. The molecule has 1 aromatic carbocycles. The summed E-state index contributed by atoms with van der Waals surface area (Å²) < 4.78 is 0. The summed E-state index contributed by atoms with van der Waals surface area (Å²) in [5.74, 6) is 0.686. The molecule has 0 saturated carbocycles. The highest BCUT2D eigenvalue weighted by atomic mass is 16.2. The normalized spacial score (nSPS) is 19.7. The SMILES string of the molecule is CCC(C)CC(N)c1ccc2c(c1)C(C)(C)C(=O)N2. The fourth-order valence-corrected chi connectivity index (χ4v) is 2.56. The minimum atomic E-state index is -0.457. The maximum atomic E-state index is 11.9. The Kier molecular flexibility index (Phi) is 3.68. The molecule has 0 bridgehead atoms. The molecule has 3 nitrogen and oxygen atoms in total. The summed E-state index contributed by atoms with van der Waals surface area (Å²) in [6.45, 7) is 8.32. The molecule has 19 heavy (non-hydrogen) atoms. The standard InChI is InChI=1S/C16H24N2O/c1-5-10(2)8-13(17)11-6-7-14-12(9-11)16(3,4)15(19)18-14/h6-7,9-10,13H,5,8,17H2,1-4H3,(H,18,19). The van der Waals surface area contributed by atoms with Gasteiger partial charge in [-0.25, -0.2) is 0 Å². The topological polar surface area (TPSA) is 55.1 Å². The third-order valence-electron chi connectivity index (χ3n) is 4.31. The van der Waals surface area contributed by atoms with E-state index in [9.17, 15) is 4.79 Å². The van der Waals surface area contributed by atoms with Crippen LogP contribution < -0.4 is 11.1 Å². The molecule has 1 aliphatic heterocycles. The molecular weight excluding hydrogens is 236 g/mol. The van der Waals surface area contributed by atoms with Crippen molar-refractivity contribution in [2.75, 3.05) is 5.32 Å². The molecule has 2 rings (SSSR count). The molecule has 3 heteroatoms. The second-order valence-electron chi connectivity index (χ2n) is 6.24. The van der Waals surface area contributed by atoms with Gasteiger partial charge in [-0.2, -0.15) is 0 Å². The van der Waals surface area contributed by atoms with Gasteiger partial charge in [-0.05, 0) is 43.4 Å². The zero-order valence-corrected chi connectivity index (χ0v) is 12.3. The van der Waals surface area contributed by atoms with E-state index in [1.54, 1.807) is 0 Å². The summed E-state index contributed by atoms with van der Waals surface area (Å²) in [7, 11) is 0. The Balaban J connectivity index is 2.27. The first-order valence-corrected chi connectivity index (χ1v) is 7.07. The quantitative estimate of drug-likeness (QED) is 0.872. The van der Waals surface area contributed by atoms with Crippen molar-refractivity contribution in [2.24, 2.45) is 11.7 Å². The Morgan fingerprint density at radius 2 is 2.05 bits per heavy atom.